The Kier molecular flexibility index (Phi) is 7.67. The van der Waals surface area contributed by atoms with Gasteiger partial charge in [0.25, 0.3) is 0 Å². The summed E-state index contributed by atoms with van der Waals surface area (Å²) >= 11 is 0. The first-order valence-electron chi connectivity index (χ1n) is 21.4. The Bertz CT molecular complexity index is 4010. The van der Waals surface area contributed by atoms with E-state index >= 15 is 0 Å². The molecule has 0 amide bonds. The third-order valence-corrected chi connectivity index (χ3v) is 13.3. The van der Waals surface area contributed by atoms with Gasteiger partial charge in [-0.05, 0) is 136 Å². The molecular formula is C60H35N3. The van der Waals surface area contributed by atoms with E-state index in [-0.39, 0.29) is 0 Å². The Morgan fingerprint density at radius 3 is 1.62 bits per heavy atom. The SMILES string of the molecule is N#Cc1ccc2c3c1ccc1c(-c4ccc5c(-c6cccc7ccccc67)c6cc(-c7cccnc7)ccc6c(-c6cccc7ccccc67)c5c4)ccc(c13)n2-c1ccccc1. The van der Waals surface area contributed by atoms with Crippen LogP contribution in [0.5, 0.6) is 0 Å². The Hall–Kier alpha value is -8.58. The molecule has 0 atom stereocenters. The molecule has 0 unspecified atom stereocenters. The van der Waals surface area contributed by atoms with Crippen molar-refractivity contribution in [3.8, 4) is 56.3 Å². The van der Waals surface area contributed by atoms with Gasteiger partial charge in [-0.1, -0.05) is 152 Å². The van der Waals surface area contributed by atoms with Gasteiger partial charge in [0.1, 0.15) is 0 Å². The summed E-state index contributed by atoms with van der Waals surface area (Å²) in [6.07, 6.45) is 3.79. The maximum Gasteiger partial charge on any atom is 0.0998 e. The number of pyridine rings is 1. The van der Waals surface area contributed by atoms with Crippen LogP contribution in [-0.4, -0.2) is 9.55 Å². The van der Waals surface area contributed by atoms with Gasteiger partial charge in [-0.25, -0.2) is 0 Å². The molecule has 2 aromatic heterocycles. The first kappa shape index (κ1) is 35.2. The highest BCUT2D eigenvalue weighted by Gasteiger charge is 2.23. The average Bonchev–Trinajstić information content (AvgIpc) is 3.70. The van der Waals surface area contributed by atoms with E-state index in [4.69, 9.17) is 0 Å². The average molecular weight is 798 g/mol. The van der Waals surface area contributed by atoms with E-state index in [1.54, 1.807) is 0 Å². The number of nitrogens with zero attached hydrogens (tertiary/aromatic N) is 3. The van der Waals surface area contributed by atoms with Gasteiger partial charge in [0.2, 0.25) is 0 Å². The van der Waals surface area contributed by atoms with Crippen LogP contribution in [0.1, 0.15) is 5.56 Å². The lowest BCUT2D eigenvalue weighted by atomic mass is 9.82. The molecule has 0 saturated heterocycles. The van der Waals surface area contributed by atoms with Crippen molar-refractivity contribution in [2.24, 2.45) is 0 Å². The number of fused-ring (bicyclic) bond motifs is 4. The summed E-state index contributed by atoms with van der Waals surface area (Å²) in [4.78, 5) is 4.51. The van der Waals surface area contributed by atoms with Crippen molar-refractivity contribution in [2.75, 3.05) is 0 Å². The standard InChI is InChI=1S/C60H35N3/c61-35-41-24-30-55-59-47(41)27-28-50-46(29-31-56(60(50)59)63(55)43-16-2-1-3-17-43)40-23-26-52-54(34-40)58(49-21-9-14-38-12-5-7-19-45(38)49)51-25-22-39(42-15-10-32-62-36-42)33-53(51)57(52)48-20-8-13-37-11-4-6-18-44(37)48/h1-34,36H. The quantitative estimate of drug-likeness (QED) is 0.129. The van der Waals surface area contributed by atoms with Crippen LogP contribution in [0.4, 0.5) is 0 Å². The summed E-state index contributed by atoms with van der Waals surface area (Å²) in [5, 5.41) is 24.3. The first-order valence-corrected chi connectivity index (χ1v) is 21.4. The second kappa shape index (κ2) is 13.7. The topological polar surface area (TPSA) is 41.6 Å². The van der Waals surface area contributed by atoms with Gasteiger partial charge in [0, 0.05) is 39.8 Å². The fourth-order valence-corrected chi connectivity index (χ4v) is 10.5. The number of para-hydroxylation sites is 1. The smallest absolute Gasteiger partial charge is 0.0998 e. The summed E-state index contributed by atoms with van der Waals surface area (Å²) in [6.45, 7) is 0. The summed E-state index contributed by atoms with van der Waals surface area (Å²) < 4.78 is 2.34. The first-order chi connectivity index (χ1) is 31.2. The lowest BCUT2D eigenvalue weighted by Crippen LogP contribution is -1.94. The molecule has 11 aromatic carbocycles. The molecule has 13 rings (SSSR count). The molecule has 0 saturated carbocycles. The molecule has 0 N–H and O–H groups in total. The van der Waals surface area contributed by atoms with Gasteiger partial charge < -0.3 is 4.57 Å². The number of benzene rings is 11. The lowest BCUT2D eigenvalue weighted by molar-refractivity contribution is 1.18. The van der Waals surface area contributed by atoms with Crippen molar-refractivity contribution in [1.82, 2.24) is 9.55 Å². The molecule has 3 heteroatoms. The Morgan fingerprint density at radius 2 is 0.952 bits per heavy atom. The van der Waals surface area contributed by atoms with Crippen LogP contribution in [0.15, 0.2) is 213 Å². The molecule has 0 aliphatic carbocycles. The zero-order valence-corrected chi connectivity index (χ0v) is 34.0. The summed E-state index contributed by atoms with van der Waals surface area (Å²) in [5.41, 5.74) is 13.4. The molecule has 2 heterocycles. The highest BCUT2D eigenvalue weighted by molar-refractivity contribution is 6.29. The Balaban J connectivity index is 1.17. The fraction of sp³-hybridized carbons (Fsp3) is 0. The predicted octanol–water partition coefficient (Wildman–Crippen LogP) is 15.9. The minimum Gasteiger partial charge on any atom is -0.309 e. The molecule has 0 aliphatic heterocycles. The summed E-state index contributed by atoms with van der Waals surface area (Å²) in [6, 6.07) is 75.1. The normalized spacial score (nSPS) is 11.8. The molecule has 63 heavy (non-hydrogen) atoms. The molecule has 0 fully saturated rings. The second-order valence-electron chi connectivity index (χ2n) is 16.5. The van der Waals surface area contributed by atoms with E-state index in [1.807, 2.05) is 24.5 Å². The minimum atomic E-state index is 0.687. The van der Waals surface area contributed by atoms with Gasteiger partial charge in [0.05, 0.1) is 22.7 Å². The van der Waals surface area contributed by atoms with Crippen molar-refractivity contribution < 1.29 is 0 Å². The molecule has 3 nitrogen and oxygen atoms in total. The molecule has 0 spiro atoms. The zero-order chi connectivity index (χ0) is 41.6. The van der Waals surface area contributed by atoms with Crippen molar-refractivity contribution in [3.63, 3.8) is 0 Å². The van der Waals surface area contributed by atoms with Crippen molar-refractivity contribution in [3.05, 3.63) is 218 Å². The highest BCUT2D eigenvalue weighted by Crippen LogP contribution is 2.50. The lowest BCUT2D eigenvalue weighted by Gasteiger charge is -2.21. The Morgan fingerprint density at radius 1 is 0.381 bits per heavy atom. The Labute approximate surface area is 363 Å². The van der Waals surface area contributed by atoms with Crippen LogP contribution >= 0.6 is 0 Å². The van der Waals surface area contributed by atoms with Crippen LogP contribution in [0.3, 0.4) is 0 Å². The van der Waals surface area contributed by atoms with Crippen molar-refractivity contribution in [1.29, 1.82) is 5.26 Å². The van der Waals surface area contributed by atoms with Gasteiger partial charge in [-0.15, -0.1) is 0 Å². The third kappa shape index (κ3) is 5.22. The number of nitriles is 1. The number of aromatic nitrogens is 2. The predicted molar refractivity (Wildman–Crippen MR) is 264 cm³/mol. The summed E-state index contributed by atoms with van der Waals surface area (Å²) in [7, 11) is 0. The van der Waals surface area contributed by atoms with Crippen LogP contribution in [0.2, 0.25) is 0 Å². The van der Waals surface area contributed by atoms with E-state index < -0.39 is 0 Å². The van der Waals surface area contributed by atoms with Gasteiger partial charge in [-0.3, -0.25) is 4.98 Å². The molecule has 0 radical (unpaired) electrons. The monoisotopic (exact) mass is 797 g/mol. The number of hydrogen-bond donors (Lipinski definition) is 0. The molecule has 290 valence electrons. The van der Waals surface area contributed by atoms with E-state index in [9.17, 15) is 5.26 Å². The second-order valence-corrected chi connectivity index (χ2v) is 16.5. The largest absolute Gasteiger partial charge is 0.309 e. The van der Waals surface area contributed by atoms with E-state index in [1.165, 1.54) is 70.7 Å². The fourth-order valence-electron chi connectivity index (χ4n) is 10.5. The maximum atomic E-state index is 10.3. The zero-order valence-electron chi connectivity index (χ0n) is 34.0. The van der Waals surface area contributed by atoms with E-state index in [2.05, 4.69) is 204 Å². The van der Waals surface area contributed by atoms with E-state index in [0.717, 1.165) is 55.1 Å². The van der Waals surface area contributed by atoms with Crippen LogP contribution in [0.25, 0.3) is 126 Å². The van der Waals surface area contributed by atoms with Gasteiger partial charge >= 0.3 is 0 Å². The van der Waals surface area contributed by atoms with Crippen molar-refractivity contribution >= 4 is 75.7 Å². The van der Waals surface area contributed by atoms with Crippen LogP contribution in [-0.2, 0) is 0 Å². The van der Waals surface area contributed by atoms with Crippen LogP contribution in [0, 0.1) is 11.3 Å². The van der Waals surface area contributed by atoms with E-state index in [0.29, 0.717) is 5.56 Å². The highest BCUT2D eigenvalue weighted by atomic mass is 15.0. The molecule has 13 aromatic rings. The summed E-state index contributed by atoms with van der Waals surface area (Å²) in [5.74, 6) is 0. The van der Waals surface area contributed by atoms with Gasteiger partial charge in [-0.2, -0.15) is 5.26 Å². The number of rotatable bonds is 5. The third-order valence-electron chi connectivity index (χ3n) is 13.3. The van der Waals surface area contributed by atoms with Crippen LogP contribution < -0.4 is 0 Å². The molecule has 0 aliphatic rings. The van der Waals surface area contributed by atoms with Gasteiger partial charge in [0.15, 0.2) is 0 Å². The number of hydrogen-bond acceptors (Lipinski definition) is 2. The minimum absolute atomic E-state index is 0.687. The maximum absolute atomic E-state index is 10.3. The van der Waals surface area contributed by atoms with Crippen molar-refractivity contribution in [2.45, 2.75) is 0 Å². The molecular weight excluding hydrogens is 763 g/mol. The molecule has 0 bridgehead atoms.